The Morgan fingerprint density at radius 1 is 1.06 bits per heavy atom. The molecule has 1 aliphatic rings. The lowest BCUT2D eigenvalue weighted by Gasteiger charge is -2.28. The van der Waals surface area contributed by atoms with E-state index in [1.54, 1.807) is 12.1 Å². The fraction of sp³-hybridized carbons (Fsp3) is 0.538. The van der Waals surface area contributed by atoms with E-state index < -0.39 is 12.5 Å². The van der Waals surface area contributed by atoms with E-state index in [9.17, 15) is 18.3 Å². The largest absolute Gasteiger partial charge is 0.573 e. The first-order chi connectivity index (χ1) is 8.46. The predicted molar refractivity (Wildman–Crippen MR) is 60.3 cm³/mol. The van der Waals surface area contributed by atoms with Gasteiger partial charge in [0.15, 0.2) is 0 Å². The predicted octanol–water partition coefficient (Wildman–Crippen LogP) is 3.60. The fourth-order valence-corrected chi connectivity index (χ4v) is 2.42. The second-order valence-corrected chi connectivity index (χ2v) is 4.58. The SMILES string of the molecule is OC1CCCCC1c1ccc(OC(F)(F)F)cc1. The third-order valence-electron chi connectivity index (χ3n) is 3.27. The normalized spacial score (nSPS) is 24.9. The average Bonchev–Trinajstić information content (AvgIpc) is 2.29. The molecule has 0 aliphatic heterocycles. The van der Waals surface area contributed by atoms with E-state index in [4.69, 9.17) is 0 Å². The van der Waals surface area contributed by atoms with Gasteiger partial charge in [-0.3, -0.25) is 0 Å². The summed E-state index contributed by atoms with van der Waals surface area (Å²) < 4.78 is 39.8. The Kier molecular flexibility index (Phi) is 3.80. The van der Waals surface area contributed by atoms with E-state index >= 15 is 0 Å². The summed E-state index contributed by atoms with van der Waals surface area (Å²) in [4.78, 5) is 0. The summed E-state index contributed by atoms with van der Waals surface area (Å²) in [5, 5.41) is 9.87. The zero-order valence-corrected chi connectivity index (χ0v) is 9.78. The van der Waals surface area contributed by atoms with Crippen molar-refractivity contribution >= 4 is 0 Å². The molecular weight excluding hydrogens is 245 g/mol. The summed E-state index contributed by atoms with van der Waals surface area (Å²) in [5.41, 5.74) is 0.872. The Morgan fingerprint density at radius 3 is 2.22 bits per heavy atom. The Labute approximate surface area is 103 Å². The number of hydrogen-bond acceptors (Lipinski definition) is 2. The van der Waals surface area contributed by atoms with Crippen LogP contribution in [0.25, 0.3) is 0 Å². The second kappa shape index (κ2) is 5.18. The molecule has 100 valence electrons. The van der Waals surface area contributed by atoms with E-state index in [0.717, 1.165) is 31.2 Å². The molecule has 2 unspecified atom stereocenters. The van der Waals surface area contributed by atoms with E-state index in [2.05, 4.69) is 4.74 Å². The fourth-order valence-electron chi connectivity index (χ4n) is 2.42. The van der Waals surface area contributed by atoms with Gasteiger partial charge in [0.25, 0.3) is 0 Å². The van der Waals surface area contributed by atoms with Crippen molar-refractivity contribution in [2.24, 2.45) is 0 Å². The molecule has 0 bridgehead atoms. The maximum atomic E-state index is 12.0. The van der Waals surface area contributed by atoms with Gasteiger partial charge >= 0.3 is 6.36 Å². The summed E-state index contributed by atoms with van der Waals surface area (Å²) >= 11 is 0. The van der Waals surface area contributed by atoms with Crippen LogP contribution in [0.5, 0.6) is 5.75 Å². The van der Waals surface area contributed by atoms with Gasteiger partial charge in [-0.05, 0) is 30.5 Å². The molecule has 1 aliphatic carbocycles. The van der Waals surface area contributed by atoms with Gasteiger partial charge in [0.05, 0.1) is 6.10 Å². The minimum atomic E-state index is -4.66. The Morgan fingerprint density at radius 2 is 1.67 bits per heavy atom. The minimum Gasteiger partial charge on any atom is -0.406 e. The standard InChI is InChI=1S/C13H15F3O2/c14-13(15,16)18-10-7-5-9(6-8-10)11-3-1-2-4-12(11)17/h5-8,11-12,17H,1-4H2. The van der Waals surface area contributed by atoms with E-state index in [1.165, 1.54) is 12.1 Å². The second-order valence-electron chi connectivity index (χ2n) is 4.58. The molecule has 2 nitrogen and oxygen atoms in total. The van der Waals surface area contributed by atoms with Gasteiger partial charge in [0.2, 0.25) is 0 Å². The molecule has 0 heterocycles. The van der Waals surface area contributed by atoms with Crippen molar-refractivity contribution in [1.82, 2.24) is 0 Å². The number of ether oxygens (including phenoxy) is 1. The number of aliphatic hydroxyl groups is 1. The Hall–Kier alpha value is -1.23. The molecule has 0 amide bonds. The molecular formula is C13H15F3O2. The molecule has 2 rings (SSSR count). The van der Waals surface area contributed by atoms with Crippen LogP contribution in [0.3, 0.4) is 0 Å². The van der Waals surface area contributed by atoms with Gasteiger partial charge in [-0.2, -0.15) is 0 Å². The molecule has 0 saturated heterocycles. The van der Waals surface area contributed by atoms with Crippen molar-refractivity contribution in [1.29, 1.82) is 0 Å². The number of hydrogen-bond donors (Lipinski definition) is 1. The van der Waals surface area contributed by atoms with Crippen LogP contribution in [0.4, 0.5) is 13.2 Å². The number of alkyl halides is 3. The third kappa shape index (κ3) is 3.38. The highest BCUT2D eigenvalue weighted by molar-refractivity contribution is 5.30. The summed E-state index contributed by atoms with van der Waals surface area (Å²) in [5.74, 6) is -0.199. The lowest BCUT2D eigenvalue weighted by atomic mass is 9.82. The zero-order valence-electron chi connectivity index (χ0n) is 9.78. The average molecular weight is 260 g/mol. The van der Waals surface area contributed by atoms with Crippen molar-refractivity contribution in [3.05, 3.63) is 29.8 Å². The molecule has 1 fully saturated rings. The number of rotatable bonds is 2. The van der Waals surface area contributed by atoms with Crippen LogP contribution in [-0.4, -0.2) is 17.6 Å². The first kappa shape index (κ1) is 13.2. The van der Waals surface area contributed by atoms with E-state index in [-0.39, 0.29) is 11.7 Å². The first-order valence-corrected chi connectivity index (χ1v) is 5.99. The molecule has 18 heavy (non-hydrogen) atoms. The topological polar surface area (TPSA) is 29.5 Å². The maximum absolute atomic E-state index is 12.0. The summed E-state index contributed by atoms with van der Waals surface area (Å²) in [7, 11) is 0. The lowest BCUT2D eigenvalue weighted by molar-refractivity contribution is -0.274. The maximum Gasteiger partial charge on any atom is 0.573 e. The minimum absolute atomic E-state index is 0.0266. The summed E-state index contributed by atoms with van der Waals surface area (Å²) in [6, 6.07) is 5.79. The van der Waals surface area contributed by atoms with Gasteiger partial charge in [0.1, 0.15) is 5.75 Å². The van der Waals surface area contributed by atoms with E-state index in [1.807, 2.05) is 0 Å². The summed E-state index contributed by atoms with van der Waals surface area (Å²) in [6.07, 6.45) is -1.37. The highest BCUT2D eigenvalue weighted by Crippen LogP contribution is 2.34. The molecule has 1 aromatic carbocycles. The molecule has 0 spiro atoms. The van der Waals surface area contributed by atoms with Gasteiger partial charge < -0.3 is 9.84 Å². The van der Waals surface area contributed by atoms with Crippen LogP contribution in [0, 0.1) is 0 Å². The van der Waals surface area contributed by atoms with Crippen LogP contribution in [0.15, 0.2) is 24.3 Å². The third-order valence-corrected chi connectivity index (χ3v) is 3.27. The molecule has 0 aromatic heterocycles. The van der Waals surface area contributed by atoms with Crippen LogP contribution < -0.4 is 4.74 Å². The lowest BCUT2D eigenvalue weighted by Crippen LogP contribution is -2.22. The van der Waals surface area contributed by atoms with Gasteiger partial charge in [-0.1, -0.05) is 25.0 Å². The van der Waals surface area contributed by atoms with Gasteiger partial charge in [0, 0.05) is 5.92 Å². The van der Waals surface area contributed by atoms with Gasteiger partial charge in [-0.25, -0.2) is 0 Å². The highest BCUT2D eigenvalue weighted by atomic mass is 19.4. The Balaban J connectivity index is 2.07. The number of halogens is 3. The van der Waals surface area contributed by atoms with E-state index in [0.29, 0.717) is 0 Å². The molecule has 1 N–H and O–H groups in total. The number of benzene rings is 1. The summed E-state index contributed by atoms with van der Waals surface area (Å²) in [6.45, 7) is 0. The monoisotopic (exact) mass is 260 g/mol. The van der Waals surface area contributed by atoms with Gasteiger partial charge in [-0.15, -0.1) is 13.2 Å². The number of aliphatic hydroxyl groups excluding tert-OH is 1. The quantitative estimate of drug-likeness (QED) is 0.880. The molecule has 1 saturated carbocycles. The van der Waals surface area contributed by atoms with Crippen molar-refractivity contribution < 1.29 is 23.0 Å². The molecule has 1 aromatic rings. The Bertz CT molecular complexity index is 386. The first-order valence-electron chi connectivity index (χ1n) is 5.99. The highest BCUT2D eigenvalue weighted by Gasteiger charge is 2.31. The van der Waals surface area contributed by atoms with Crippen molar-refractivity contribution in [3.8, 4) is 5.75 Å². The van der Waals surface area contributed by atoms with Crippen LogP contribution >= 0.6 is 0 Å². The van der Waals surface area contributed by atoms with Crippen molar-refractivity contribution in [2.75, 3.05) is 0 Å². The van der Waals surface area contributed by atoms with Crippen molar-refractivity contribution in [2.45, 2.75) is 44.1 Å². The zero-order chi connectivity index (χ0) is 13.2. The smallest absolute Gasteiger partial charge is 0.406 e. The van der Waals surface area contributed by atoms with Crippen molar-refractivity contribution in [3.63, 3.8) is 0 Å². The molecule has 5 heteroatoms. The van der Waals surface area contributed by atoms with Crippen LogP contribution in [-0.2, 0) is 0 Å². The van der Waals surface area contributed by atoms with Crippen LogP contribution in [0.2, 0.25) is 0 Å². The van der Waals surface area contributed by atoms with Crippen LogP contribution in [0.1, 0.15) is 37.2 Å². The molecule has 0 radical (unpaired) electrons. The molecule has 2 atom stereocenters.